The molecule has 0 heterocycles. The first-order chi connectivity index (χ1) is 9.99. The van der Waals surface area contributed by atoms with Crippen LogP contribution in [0.2, 0.25) is 0 Å². The van der Waals surface area contributed by atoms with Crippen molar-refractivity contribution in [1.29, 1.82) is 0 Å². The van der Waals surface area contributed by atoms with Crippen LogP contribution in [0.15, 0.2) is 48.5 Å². The third-order valence-corrected chi connectivity index (χ3v) is 4.02. The molecule has 1 fully saturated rings. The molecule has 4 heteroatoms. The van der Waals surface area contributed by atoms with E-state index in [1.54, 1.807) is 0 Å². The van der Waals surface area contributed by atoms with Gasteiger partial charge in [0.15, 0.2) is 0 Å². The number of hydrogen-bond acceptors (Lipinski definition) is 1. The van der Waals surface area contributed by atoms with E-state index < -0.39 is 11.7 Å². The number of hydrogen-bond donors (Lipinski definition) is 1. The Balaban J connectivity index is 1.85. The Hall–Kier alpha value is -1.81. The molecule has 0 radical (unpaired) electrons. The largest absolute Gasteiger partial charge is 0.416 e. The molecule has 0 aromatic heterocycles. The van der Waals surface area contributed by atoms with Crippen molar-refractivity contribution in [2.24, 2.45) is 0 Å². The van der Waals surface area contributed by atoms with E-state index in [0.29, 0.717) is 12.0 Å². The van der Waals surface area contributed by atoms with Gasteiger partial charge in [0.05, 0.1) is 5.56 Å². The van der Waals surface area contributed by atoms with E-state index >= 15 is 0 Å². The van der Waals surface area contributed by atoms with Crippen molar-refractivity contribution in [3.05, 3.63) is 59.7 Å². The number of rotatable bonds is 3. The van der Waals surface area contributed by atoms with Crippen LogP contribution in [0.4, 0.5) is 13.2 Å². The Morgan fingerprint density at radius 3 is 2.29 bits per heavy atom. The van der Waals surface area contributed by atoms with Gasteiger partial charge in [0.25, 0.3) is 0 Å². The van der Waals surface area contributed by atoms with Crippen molar-refractivity contribution in [2.45, 2.75) is 24.6 Å². The Kier molecular flexibility index (Phi) is 3.49. The first-order valence-corrected chi connectivity index (χ1v) is 6.94. The molecular formula is C17H16F3N. The van der Waals surface area contributed by atoms with E-state index in [1.807, 2.05) is 19.2 Å². The lowest BCUT2D eigenvalue weighted by Crippen LogP contribution is -2.10. The van der Waals surface area contributed by atoms with E-state index in [9.17, 15) is 13.2 Å². The van der Waals surface area contributed by atoms with Crippen LogP contribution in [0.1, 0.15) is 23.5 Å². The van der Waals surface area contributed by atoms with Crippen molar-refractivity contribution in [3.8, 4) is 11.1 Å². The average Bonchev–Trinajstić information content (AvgIpc) is 3.26. The van der Waals surface area contributed by atoms with Gasteiger partial charge in [0.1, 0.15) is 0 Å². The van der Waals surface area contributed by atoms with Crippen LogP contribution in [0, 0.1) is 0 Å². The van der Waals surface area contributed by atoms with E-state index in [4.69, 9.17) is 0 Å². The van der Waals surface area contributed by atoms with Crippen molar-refractivity contribution in [3.63, 3.8) is 0 Å². The van der Waals surface area contributed by atoms with Crippen LogP contribution >= 0.6 is 0 Å². The highest BCUT2D eigenvalue weighted by molar-refractivity contribution is 5.65. The second-order valence-electron chi connectivity index (χ2n) is 5.44. The Morgan fingerprint density at radius 1 is 1.00 bits per heavy atom. The topological polar surface area (TPSA) is 12.0 Å². The molecule has 1 saturated carbocycles. The summed E-state index contributed by atoms with van der Waals surface area (Å²) < 4.78 is 37.7. The second kappa shape index (κ2) is 5.19. The minimum absolute atomic E-state index is 0.518. The Labute approximate surface area is 121 Å². The van der Waals surface area contributed by atoms with Gasteiger partial charge in [-0.1, -0.05) is 36.4 Å². The van der Waals surface area contributed by atoms with E-state index in [0.717, 1.165) is 29.7 Å². The molecule has 0 bridgehead atoms. The van der Waals surface area contributed by atoms with Gasteiger partial charge in [-0.3, -0.25) is 0 Å². The first-order valence-electron chi connectivity index (χ1n) is 6.94. The molecule has 1 aliphatic carbocycles. The van der Waals surface area contributed by atoms with Gasteiger partial charge < -0.3 is 5.32 Å². The van der Waals surface area contributed by atoms with Gasteiger partial charge in [-0.05, 0) is 42.3 Å². The predicted octanol–water partition coefficient (Wildman–Crippen LogP) is 4.45. The minimum atomic E-state index is -4.28. The lowest BCUT2D eigenvalue weighted by atomic mass is 10.00. The molecule has 2 atom stereocenters. The molecule has 0 amide bonds. The van der Waals surface area contributed by atoms with Crippen LogP contribution in [0.25, 0.3) is 11.1 Å². The fourth-order valence-electron chi connectivity index (χ4n) is 2.68. The quantitative estimate of drug-likeness (QED) is 0.881. The summed E-state index contributed by atoms with van der Waals surface area (Å²) in [5, 5.41) is 3.25. The fourth-order valence-corrected chi connectivity index (χ4v) is 2.68. The zero-order chi connectivity index (χ0) is 15.0. The zero-order valence-electron chi connectivity index (χ0n) is 11.6. The van der Waals surface area contributed by atoms with Gasteiger partial charge in [-0.15, -0.1) is 0 Å². The molecule has 110 valence electrons. The van der Waals surface area contributed by atoms with E-state index in [-0.39, 0.29) is 0 Å². The maximum absolute atomic E-state index is 12.6. The molecule has 3 rings (SSSR count). The molecule has 1 nitrogen and oxygen atoms in total. The maximum Gasteiger partial charge on any atom is 0.416 e. The van der Waals surface area contributed by atoms with Crippen LogP contribution < -0.4 is 5.32 Å². The molecule has 1 N–H and O–H groups in total. The third-order valence-electron chi connectivity index (χ3n) is 4.02. The standard InChI is InChI=1S/C17H16F3N/c1-21-16-10-15(16)13-4-2-3-12(9-13)11-5-7-14(8-6-11)17(18,19)20/h2-9,15-16,21H,10H2,1H3. The summed E-state index contributed by atoms with van der Waals surface area (Å²) in [6.45, 7) is 0. The van der Waals surface area contributed by atoms with Crippen LogP contribution in [0.5, 0.6) is 0 Å². The highest BCUT2D eigenvalue weighted by Gasteiger charge is 2.36. The SMILES string of the molecule is CNC1CC1c1cccc(-c2ccc(C(F)(F)F)cc2)c1. The van der Waals surface area contributed by atoms with E-state index in [2.05, 4.69) is 17.4 Å². The summed E-state index contributed by atoms with van der Waals surface area (Å²) >= 11 is 0. The molecule has 0 saturated heterocycles. The second-order valence-corrected chi connectivity index (χ2v) is 5.44. The normalized spacial score (nSPS) is 21.3. The number of likely N-dealkylation sites (N-methyl/N-ethyl adjacent to an activating group) is 1. The number of nitrogens with one attached hydrogen (secondary N) is 1. The lowest BCUT2D eigenvalue weighted by Gasteiger charge is -2.09. The van der Waals surface area contributed by atoms with Crippen LogP contribution in [-0.2, 0) is 6.18 Å². The van der Waals surface area contributed by atoms with Gasteiger partial charge in [-0.25, -0.2) is 0 Å². The number of alkyl halides is 3. The van der Waals surface area contributed by atoms with Crippen LogP contribution in [-0.4, -0.2) is 13.1 Å². The summed E-state index contributed by atoms with van der Waals surface area (Å²) in [5.74, 6) is 0.518. The van der Waals surface area contributed by atoms with Crippen LogP contribution in [0.3, 0.4) is 0 Å². The minimum Gasteiger partial charge on any atom is -0.316 e. The average molecular weight is 291 g/mol. The summed E-state index contributed by atoms with van der Waals surface area (Å²) in [4.78, 5) is 0. The lowest BCUT2D eigenvalue weighted by molar-refractivity contribution is -0.137. The molecule has 2 aromatic rings. The third kappa shape index (κ3) is 2.95. The smallest absolute Gasteiger partial charge is 0.316 e. The molecule has 21 heavy (non-hydrogen) atoms. The molecular weight excluding hydrogens is 275 g/mol. The van der Waals surface area contributed by atoms with Crippen molar-refractivity contribution in [2.75, 3.05) is 7.05 Å². The number of halogens is 3. The summed E-state index contributed by atoms with van der Waals surface area (Å²) in [5.41, 5.74) is 2.40. The van der Waals surface area contributed by atoms with Crippen molar-refractivity contribution < 1.29 is 13.2 Å². The van der Waals surface area contributed by atoms with Gasteiger partial charge in [0.2, 0.25) is 0 Å². The number of benzene rings is 2. The summed E-state index contributed by atoms with van der Waals surface area (Å²) in [7, 11) is 1.95. The van der Waals surface area contributed by atoms with Gasteiger partial charge >= 0.3 is 6.18 Å². The van der Waals surface area contributed by atoms with Gasteiger partial charge in [-0.2, -0.15) is 13.2 Å². The Morgan fingerprint density at radius 2 is 1.71 bits per heavy atom. The predicted molar refractivity (Wildman–Crippen MR) is 77.1 cm³/mol. The van der Waals surface area contributed by atoms with Crippen molar-refractivity contribution in [1.82, 2.24) is 5.32 Å². The monoisotopic (exact) mass is 291 g/mol. The maximum atomic E-state index is 12.6. The molecule has 2 aromatic carbocycles. The zero-order valence-corrected chi connectivity index (χ0v) is 11.6. The molecule has 0 spiro atoms. The fraction of sp³-hybridized carbons (Fsp3) is 0.294. The first kappa shape index (κ1) is 14.1. The molecule has 0 aliphatic heterocycles. The highest BCUT2D eigenvalue weighted by atomic mass is 19.4. The highest BCUT2D eigenvalue weighted by Crippen LogP contribution is 2.41. The Bertz CT molecular complexity index is 631. The summed E-state index contributed by atoms with van der Waals surface area (Å²) in [6.07, 6.45) is -3.17. The van der Waals surface area contributed by atoms with Crippen molar-refractivity contribution >= 4 is 0 Å². The van der Waals surface area contributed by atoms with E-state index in [1.165, 1.54) is 17.7 Å². The molecule has 2 unspecified atom stereocenters. The summed E-state index contributed by atoms with van der Waals surface area (Å²) in [6, 6.07) is 13.9. The molecule has 1 aliphatic rings. The van der Waals surface area contributed by atoms with Gasteiger partial charge in [0, 0.05) is 12.0 Å².